The summed E-state index contributed by atoms with van der Waals surface area (Å²) in [5, 5.41) is 0. The molecule has 5 heterocycles. The molecule has 0 aliphatic carbocycles. The van der Waals surface area contributed by atoms with Gasteiger partial charge < -0.3 is 220 Å². The second kappa shape index (κ2) is 63.8. The normalized spacial score (nSPS) is 27.3. The highest BCUT2D eigenvalue weighted by Crippen LogP contribution is 2.47. The maximum Gasteiger partial charge on any atom is 0.665 e. The van der Waals surface area contributed by atoms with E-state index in [1.807, 2.05) is 82.8 Å². The fraction of sp³-hybridized carbons (Fsp3) is 1.00. The van der Waals surface area contributed by atoms with Crippen molar-refractivity contribution in [1.82, 2.24) is 0 Å². The number of unbranched alkanes of at least 4 members (excludes halogenated alkanes) is 12. The summed E-state index contributed by atoms with van der Waals surface area (Å²) >= 11 is 0. The molecule has 764 valence electrons. The van der Waals surface area contributed by atoms with Crippen LogP contribution in [0.3, 0.4) is 0 Å². The Hall–Kier alpha value is 4.74. The fourth-order valence-electron chi connectivity index (χ4n) is 11.6. The van der Waals surface area contributed by atoms with Crippen molar-refractivity contribution in [2.45, 2.75) is 250 Å². The molecule has 8 unspecified atom stereocenters. The van der Waals surface area contributed by atoms with Crippen LogP contribution in [0, 0.1) is 0 Å². The predicted molar refractivity (Wildman–Crippen MR) is 504 cm³/mol. The van der Waals surface area contributed by atoms with Gasteiger partial charge in [-0.15, -0.1) is 0 Å². The van der Waals surface area contributed by atoms with Gasteiger partial charge in [-0.25, -0.2) is 0 Å². The Labute approximate surface area is 795 Å². The largest absolute Gasteiger partial charge is 0.665 e. The van der Waals surface area contributed by atoms with Crippen molar-refractivity contribution in [2.75, 3.05) is 89.1 Å². The Morgan fingerprint density at radius 2 is 0.614 bits per heavy atom. The average molecular weight is 2310 g/mol. The maximum absolute atomic E-state index is 11.3. The van der Waals surface area contributed by atoms with E-state index in [4.69, 9.17) is 150 Å². The maximum atomic E-state index is 11.3. The first-order chi connectivity index (χ1) is 58.2. The van der Waals surface area contributed by atoms with Crippen LogP contribution in [0.1, 0.15) is 214 Å². The first kappa shape index (κ1) is 132. The number of rotatable bonds is 55. The van der Waals surface area contributed by atoms with Gasteiger partial charge >= 0.3 is 161 Å². The number of hydrogen-bond acceptors (Lipinski definition) is 57. The third-order valence-electron chi connectivity index (χ3n) is 15.6. The highest BCUT2D eigenvalue weighted by atomic mass is 33.7. The van der Waals surface area contributed by atoms with Gasteiger partial charge in [0.15, 0.2) is 0 Å². The molecule has 0 spiro atoms. The summed E-state index contributed by atoms with van der Waals surface area (Å²) in [5.74, 6) is 3.41. The zero-order chi connectivity index (χ0) is 94.6. The Morgan fingerprint density at radius 1 is 0.315 bits per heavy atom. The minimum absolute atomic E-state index is 0. The van der Waals surface area contributed by atoms with E-state index in [-0.39, 0.29) is 65.5 Å². The molecule has 5 aliphatic heterocycles. The van der Waals surface area contributed by atoms with Gasteiger partial charge in [0.05, 0.1) is 0 Å². The van der Waals surface area contributed by atoms with E-state index in [1.165, 1.54) is 0 Å². The fourth-order valence-corrected chi connectivity index (χ4v) is 77.1. The molecule has 0 aromatic carbocycles. The summed E-state index contributed by atoms with van der Waals surface area (Å²) in [5.41, 5.74) is 0. The smallest absolute Gasteiger partial charge is 0.375 e. The topological polar surface area (TPSA) is 694 Å². The standard InChI is InChI=1S/C22H54O15Si6.C18H42O6S4Si2.C10H28O15S4Si6.2CH4.H10O13Si4/c1-5-9-11-13-15-17-19-21-38(29-7-3)31-40(23,24)35-42(27,33-38)37-43(28)34-39(30-8-4,32-41(25,26)36-43)22-20-18-16-14-12-10-6-2;1-7-19-29(20-8-2,21-9-3)17-13-15-25-27-28-26-16-14-18-30(22-10-4,23-11-5)24-12-6;1-3-17-30-9-5-7-26-28-29-27-8-6-10-31(18-4-2)20-33(13,14)24-35(16,22-31)25-34(15,21-30)23-32(11,12)19-30;;;1-14(2,3)11-16(7,8)13-17(9,10)12-15(4,5)6/h23-28H,5-22H2,1-4H3;7-18H2,1-6H3;11-16H,3-10H2,1-2H3;2*1H4;1-10H. The Balaban J connectivity index is 0.00000173. The molecule has 5 fully saturated rings. The Bertz CT molecular complexity index is 2670. The minimum atomic E-state index is -5.64. The van der Waals surface area contributed by atoms with Crippen LogP contribution < -0.4 is 0 Å². The molecule has 0 saturated carbocycles. The first-order valence-corrected chi connectivity index (χ1v) is 82.9. The average Bonchev–Trinajstić information content (AvgIpc) is 0.786. The van der Waals surface area contributed by atoms with Crippen molar-refractivity contribution < 1.29 is 220 Å². The highest BCUT2D eigenvalue weighted by molar-refractivity contribution is 9.26. The second-order valence-corrected chi connectivity index (χ2v) is 79.9. The van der Waals surface area contributed by atoms with Crippen LogP contribution in [0.15, 0.2) is 0 Å². The summed E-state index contributed by atoms with van der Waals surface area (Å²) in [6, 6.07) is 2.15. The molecule has 49 nitrogen and oxygen atoms in total. The van der Waals surface area contributed by atoms with Gasteiger partial charge in [-0.3, -0.25) is 0 Å². The van der Waals surface area contributed by atoms with E-state index in [2.05, 4.69) is 26.2 Å². The van der Waals surface area contributed by atoms with Crippen LogP contribution >= 0.6 is 82.5 Å². The van der Waals surface area contributed by atoms with Crippen molar-refractivity contribution in [3.63, 3.8) is 0 Å². The van der Waals surface area contributed by atoms with Gasteiger partial charge in [0, 0.05) is 125 Å². The van der Waals surface area contributed by atoms with E-state index in [1.54, 1.807) is 68.9 Å². The summed E-state index contributed by atoms with van der Waals surface area (Å²) in [6.07, 6.45) is 16.5. The monoisotopic (exact) mass is 2310 g/mol. The Kier molecular flexibility index (Phi) is 66.2. The Morgan fingerprint density at radius 3 is 0.906 bits per heavy atom. The summed E-state index contributed by atoms with van der Waals surface area (Å²) in [7, 11) is -70.7. The van der Waals surface area contributed by atoms with Crippen molar-refractivity contribution in [2.24, 2.45) is 0 Å². The molecule has 22 N–H and O–H groups in total. The molecule has 75 heteroatoms. The van der Waals surface area contributed by atoms with E-state index >= 15 is 0 Å². The van der Waals surface area contributed by atoms with Crippen molar-refractivity contribution in [3.05, 3.63) is 0 Å². The molecular weight excluding hydrogens is 2170 g/mol. The van der Waals surface area contributed by atoms with Crippen LogP contribution in [0.2, 0.25) is 36.3 Å². The summed E-state index contributed by atoms with van der Waals surface area (Å²) in [4.78, 5) is 213. The van der Waals surface area contributed by atoms with E-state index in [9.17, 15) is 57.5 Å². The van der Waals surface area contributed by atoms with Crippen LogP contribution in [0.4, 0.5) is 0 Å². The lowest BCUT2D eigenvalue weighted by Gasteiger charge is -2.47. The second-order valence-electron chi connectivity index (χ2n) is 26.4. The van der Waals surface area contributed by atoms with E-state index in [0.717, 1.165) is 113 Å². The summed E-state index contributed by atoms with van der Waals surface area (Å²) in [6.45, 7) is 26.9. The lowest BCUT2D eigenvalue weighted by Crippen LogP contribution is -2.79. The zero-order valence-electron chi connectivity index (χ0n) is 72.0. The van der Waals surface area contributed by atoms with Crippen LogP contribution in [0.25, 0.3) is 0 Å². The molecule has 5 saturated heterocycles. The van der Waals surface area contributed by atoms with Crippen LogP contribution in [0.5, 0.6) is 0 Å². The molecule has 5 rings (SSSR count). The molecule has 8 atom stereocenters. The van der Waals surface area contributed by atoms with Gasteiger partial charge in [0.25, 0.3) is 0 Å². The molecule has 127 heavy (non-hydrogen) atoms. The van der Waals surface area contributed by atoms with Crippen molar-refractivity contribution >= 4 is 244 Å². The first-order valence-electron chi connectivity index (χ1n) is 40.5. The summed E-state index contributed by atoms with van der Waals surface area (Å²) < 4.78 is 143. The lowest BCUT2D eigenvalue weighted by atomic mass is 10.1. The highest BCUT2D eigenvalue weighted by Gasteiger charge is 2.78. The van der Waals surface area contributed by atoms with Crippen molar-refractivity contribution in [3.8, 4) is 0 Å². The molecular formula is C52H142O49S8Si18. The molecule has 0 aromatic heterocycles. The van der Waals surface area contributed by atoms with Gasteiger partial charge in [-0.1, -0.05) is 149 Å². The molecule has 0 amide bonds. The van der Waals surface area contributed by atoms with Crippen LogP contribution in [-0.4, -0.2) is 356 Å². The molecule has 5 aliphatic rings. The van der Waals surface area contributed by atoms with E-state index < -0.39 is 161 Å². The SMILES string of the molecule is C.C.CCCCCCCCC[Si]1(OCC)O[Si](O)(O)O[Si](O)(O[Si]2(O)O[Si](O)(O)O[Si](CCCCCCCCC)(OCC)O2)O1.CCO[Si](CCCSSSSCCC[Si](OCC)(OCC)OCC)(OCC)OCC.CCO[Si]12CCCSSSSCCC[Si]3(OCC)O[Si](O)(O)O[Si](O)(O[Si](O)(O[Si](O)(O)O1)O2)O3.O[Si](O)(O)O[Si](O)(O)O[Si](O)(O)O[Si](O)(O)O. The molecule has 0 aromatic rings. The minimum Gasteiger partial charge on any atom is -0.375 e. The zero-order valence-corrected chi connectivity index (χ0v) is 96.5. The van der Waals surface area contributed by atoms with E-state index in [0.29, 0.717) is 76.8 Å². The van der Waals surface area contributed by atoms with Gasteiger partial charge in [-0.2, -0.15) is 0 Å². The molecule has 4 bridgehead atoms. The van der Waals surface area contributed by atoms with Gasteiger partial charge in [0.1, 0.15) is 0 Å². The predicted octanol–water partition coefficient (Wildman–Crippen LogP) is 2.04. The van der Waals surface area contributed by atoms with Gasteiger partial charge in [-0.05, 0) is 147 Å². The van der Waals surface area contributed by atoms with Gasteiger partial charge in [0.2, 0.25) is 0 Å². The van der Waals surface area contributed by atoms with Crippen molar-refractivity contribution in [1.29, 1.82) is 0 Å². The van der Waals surface area contributed by atoms with Crippen LogP contribution in [-0.2, 0) is 114 Å². The number of hydrogen-bond donors (Lipinski definition) is 22. The third kappa shape index (κ3) is 56.0. The number of fused-ring (bicyclic) bond motifs is 4. The molecule has 0 radical (unpaired) electrons. The third-order valence-corrected chi connectivity index (χ3v) is 79.2. The quantitative estimate of drug-likeness (QED) is 0.0235. The lowest BCUT2D eigenvalue weighted by molar-refractivity contribution is -0.0697.